The molecular weight excluding hydrogens is 540 g/mol. The molecule has 224 valence electrons. The van der Waals surface area contributed by atoms with Crippen molar-refractivity contribution >= 4 is 29.0 Å². The Balaban J connectivity index is 1.29. The van der Waals surface area contributed by atoms with Crippen LogP contribution in [0.15, 0.2) is 72.9 Å². The Hall–Kier alpha value is -4.43. The van der Waals surface area contributed by atoms with E-state index in [1.807, 2.05) is 61.5 Å². The van der Waals surface area contributed by atoms with Gasteiger partial charge in [-0.25, -0.2) is 0 Å². The van der Waals surface area contributed by atoms with Crippen molar-refractivity contribution in [3.63, 3.8) is 0 Å². The van der Waals surface area contributed by atoms with Crippen molar-refractivity contribution in [3.8, 4) is 0 Å². The van der Waals surface area contributed by atoms with Gasteiger partial charge < -0.3 is 25.2 Å². The highest BCUT2D eigenvalue weighted by atomic mass is 16.5. The van der Waals surface area contributed by atoms with Crippen LogP contribution in [0.25, 0.3) is 5.70 Å². The van der Waals surface area contributed by atoms with Gasteiger partial charge in [0.2, 0.25) is 0 Å². The normalized spacial score (nSPS) is 17.3. The Kier molecular flexibility index (Phi) is 8.69. The first kappa shape index (κ1) is 30.0. The molecule has 0 bridgehead atoms. The minimum Gasteiger partial charge on any atom is -0.378 e. The highest BCUT2D eigenvalue weighted by Gasteiger charge is 2.28. The van der Waals surface area contributed by atoms with Gasteiger partial charge in [-0.15, -0.1) is 0 Å². The molecule has 0 aromatic heterocycles. The van der Waals surface area contributed by atoms with E-state index >= 15 is 0 Å². The monoisotopic (exact) mass is 580 g/mol. The molecule has 8 nitrogen and oxygen atoms in total. The fourth-order valence-electron chi connectivity index (χ4n) is 5.38. The van der Waals surface area contributed by atoms with Gasteiger partial charge in [0.05, 0.1) is 18.9 Å². The number of hydrogen-bond acceptors (Lipinski definition) is 6. The van der Waals surface area contributed by atoms with Crippen LogP contribution in [0.1, 0.15) is 63.7 Å². The van der Waals surface area contributed by atoms with Crippen molar-refractivity contribution in [1.82, 2.24) is 15.1 Å². The predicted octanol–water partition coefficient (Wildman–Crippen LogP) is 4.99. The second-order valence-electron chi connectivity index (χ2n) is 12.2. The lowest BCUT2D eigenvalue weighted by molar-refractivity contribution is -0.129. The van der Waals surface area contributed by atoms with Gasteiger partial charge in [-0.2, -0.15) is 0 Å². The molecule has 8 heteroatoms. The summed E-state index contributed by atoms with van der Waals surface area (Å²) in [7, 11) is 1.73. The van der Waals surface area contributed by atoms with Gasteiger partial charge >= 0.3 is 0 Å². The Bertz CT molecular complexity index is 1530. The molecule has 0 saturated carbocycles. The van der Waals surface area contributed by atoms with Crippen LogP contribution in [0.2, 0.25) is 0 Å². The van der Waals surface area contributed by atoms with Crippen LogP contribution in [0.5, 0.6) is 0 Å². The summed E-state index contributed by atoms with van der Waals surface area (Å²) in [5, 5.41) is 6.61. The molecule has 3 aromatic rings. The highest BCUT2D eigenvalue weighted by molar-refractivity contribution is 5.98. The van der Waals surface area contributed by atoms with E-state index in [9.17, 15) is 14.4 Å². The molecular formula is C35H40N4O4. The number of nitrogens with zero attached hydrogens (tertiary/aromatic N) is 2. The maximum atomic E-state index is 13.2. The number of rotatable bonds is 7. The van der Waals surface area contributed by atoms with E-state index in [1.165, 1.54) is 5.56 Å². The molecule has 43 heavy (non-hydrogen) atoms. The van der Waals surface area contributed by atoms with Crippen molar-refractivity contribution in [3.05, 3.63) is 106 Å². The first-order chi connectivity index (χ1) is 20.5. The van der Waals surface area contributed by atoms with Gasteiger partial charge in [0.15, 0.2) is 11.9 Å². The third-order valence-electron chi connectivity index (χ3n) is 8.12. The standard InChI is InChI=1S/C35H40N4O4/c1-23-26(21-31(40)24-9-13-27(14-10-24)35(2,3)4)7-6-8-29(23)30-22-38(5)34(42)32(37-30)36-28-15-11-25(12-16-28)33(41)39-17-19-43-20-18-39/h6-16,22,32,36-37H,17-21H2,1-5H3. The zero-order chi connectivity index (χ0) is 30.7. The fraction of sp³-hybridized carbons (Fsp3) is 0.343. The molecule has 3 aromatic carbocycles. The summed E-state index contributed by atoms with van der Waals surface area (Å²) >= 11 is 0. The smallest absolute Gasteiger partial charge is 0.269 e. The van der Waals surface area contributed by atoms with Crippen LogP contribution in [-0.2, 0) is 21.4 Å². The minimum absolute atomic E-state index is 0.0255. The number of ketones is 1. The molecule has 2 heterocycles. The number of carbonyl (C=O) groups excluding carboxylic acids is 3. The number of benzene rings is 3. The van der Waals surface area contributed by atoms with Crippen molar-refractivity contribution in [2.75, 3.05) is 38.7 Å². The quantitative estimate of drug-likeness (QED) is 0.383. The molecule has 0 aliphatic carbocycles. The molecule has 0 spiro atoms. The molecule has 2 aliphatic rings. The minimum atomic E-state index is -0.711. The SMILES string of the molecule is Cc1c(CC(=O)c2ccc(C(C)(C)C)cc2)cccc1C1=CN(C)C(=O)C(Nc2ccc(C(=O)N3CCOCC3)cc2)N1. The first-order valence-corrected chi connectivity index (χ1v) is 14.7. The fourth-order valence-corrected chi connectivity index (χ4v) is 5.38. The maximum absolute atomic E-state index is 13.2. The van der Waals surface area contributed by atoms with Crippen LogP contribution >= 0.6 is 0 Å². The Morgan fingerprint density at radius 2 is 1.60 bits per heavy atom. The average molecular weight is 581 g/mol. The van der Waals surface area contributed by atoms with Crippen molar-refractivity contribution in [1.29, 1.82) is 0 Å². The van der Waals surface area contributed by atoms with E-state index in [0.717, 1.165) is 22.4 Å². The number of nitrogens with one attached hydrogen (secondary N) is 2. The van der Waals surface area contributed by atoms with E-state index in [4.69, 9.17) is 4.74 Å². The molecule has 1 atom stereocenters. The number of amides is 2. The summed E-state index contributed by atoms with van der Waals surface area (Å²) in [4.78, 5) is 42.4. The van der Waals surface area contributed by atoms with Gasteiger partial charge in [-0.1, -0.05) is 63.2 Å². The van der Waals surface area contributed by atoms with Crippen molar-refractivity contribution < 1.29 is 19.1 Å². The van der Waals surface area contributed by atoms with E-state index in [0.29, 0.717) is 43.1 Å². The zero-order valence-corrected chi connectivity index (χ0v) is 25.6. The summed E-state index contributed by atoms with van der Waals surface area (Å²) in [6, 6.07) is 21.0. The summed E-state index contributed by atoms with van der Waals surface area (Å²) in [6.07, 6.45) is 1.36. The largest absolute Gasteiger partial charge is 0.378 e. The molecule has 2 aliphatic heterocycles. The number of carbonyl (C=O) groups is 3. The molecule has 5 rings (SSSR count). The van der Waals surface area contributed by atoms with E-state index < -0.39 is 6.17 Å². The van der Waals surface area contributed by atoms with Crippen LogP contribution in [0.4, 0.5) is 5.69 Å². The van der Waals surface area contributed by atoms with Gasteiger partial charge in [-0.3, -0.25) is 14.4 Å². The number of Topliss-reactive ketones (excluding diaryl/α,β-unsaturated/α-hetero) is 1. The van der Waals surface area contributed by atoms with Crippen molar-refractivity contribution in [2.24, 2.45) is 0 Å². The van der Waals surface area contributed by atoms with Crippen LogP contribution < -0.4 is 10.6 Å². The predicted molar refractivity (Wildman–Crippen MR) is 169 cm³/mol. The lowest BCUT2D eigenvalue weighted by Crippen LogP contribution is -2.51. The lowest BCUT2D eigenvalue weighted by Gasteiger charge is -2.32. The Morgan fingerprint density at radius 3 is 2.26 bits per heavy atom. The van der Waals surface area contributed by atoms with Gasteiger partial charge in [-0.05, 0) is 53.3 Å². The van der Waals surface area contributed by atoms with E-state index in [-0.39, 0.29) is 29.4 Å². The molecule has 1 fully saturated rings. The van der Waals surface area contributed by atoms with Crippen LogP contribution in [0, 0.1) is 6.92 Å². The topological polar surface area (TPSA) is 91.0 Å². The average Bonchev–Trinajstić information content (AvgIpc) is 3.00. The maximum Gasteiger partial charge on any atom is 0.269 e. The summed E-state index contributed by atoms with van der Waals surface area (Å²) < 4.78 is 5.34. The van der Waals surface area contributed by atoms with E-state index in [1.54, 1.807) is 35.2 Å². The molecule has 1 unspecified atom stereocenters. The number of morpholine rings is 1. The molecule has 2 amide bonds. The van der Waals surface area contributed by atoms with Gasteiger partial charge in [0.1, 0.15) is 0 Å². The second-order valence-corrected chi connectivity index (χ2v) is 12.2. The first-order valence-electron chi connectivity index (χ1n) is 14.7. The van der Waals surface area contributed by atoms with Crippen LogP contribution in [-0.4, -0.2) is 66.9 Å². The third kappa shape index (κ3) is 6.81. The number of ether oxygens (including phenoxy) is 1. The van der Waals surface area contributed by atoms with Crippen molar-refractivity contribution in [2.45, 2.75) is 45.7 Å². The van der Waals surface area contributed by atoms with E-state index in [2.05, 4.69) is 31.4 Å². The number of hydrogen-bond donors (Lipinski definition) is 2. The van der Waals surface area contributed by atoms with Gasteiger partial charge in [0, 0.05) is 55.1 Å². The summed E-state index contributed by atoms with van der Waals surface area (Å²) in [5.41, 5.74) is 6.85. The third-order valence-corrected chi connectivity index (χ3v) is 8.12. The summed E-state index contributed by atoms with van der Waals surface area (Å²) in [6.45, 7) is 10.7. The molecule has 1 saturated heterocycles. The summed E-state index contributed by atoms with van der Waals surface area (Å²) in [5.74, 6) is -0.101. The second kappa shape index (κ2) is 12.4. The van der Waals surface area contributed by atoms with Crippen LogP contribution in [0.3, 0.4) is 0 Å². The zero-order valence-electron chi connectivity index (χ0n) is 25.6. The highest BCUT2D eigenvalue weighted by Crippen LogP contribution is 2.26. The van der Waals surface area contributed by atoms with Gasteiger partial charge in [0.25, 0.3) is 11.8 Å². The molecule has 2 N–H and O–H groups in total. The number of likely N-dealkylation sites (N-methyl/N-ethyl adjacent to an activating group) is 1. The molecule has 0 radical (unpaired) electrons. The number of anilines is 1. The lowest BCUT2D eigenvalue weighted by atomic mass is 9.86. The Labute approximate surface area is 253 Å². The Morgan fingerprint density at radius 1 is 0.953 bits per heavy atom.